The first-order valence-electron chi connectivity index (χ1n) is 9.60. The maximum Gasteiger partial charge on any atom is 0.191 e. The number of benzene rings is 4. The lowest BCUT2D eigenvalue weighted by atomic mass is 10.3. The first kappa shape index (κ1) is 20.4. The van der Waals surface area contributed by atoms with E-state index in [9.17, 15) is 10.4 Å². The normalized spacial score (nSPS) is 12.6. The molecule has 0 spiro atoms. The molecule has 2 unspecified atom stereocenters. The summed E-state index contributed by atoms with van der Waals surface area (Å²) in [4.78, 5) is 10.7. The molecule has 7 heteroatoms. The van der Waals surface area contributed by atoms with E-state index in [4.69, 9.17) is 14.4 Å². The molecule has 7 nitrogen and oxygen atoms in total. The smallest absolute Gasteiger partial charge is 0.191 e. The Morgan fingerprint density at radius 2 is 0.742 bits per heavy atom. The minimum absolute atomic E-state index is 0.421. The van der Waals surface area contributed by atoms with E-state index < -0.39 is 10.5 Å². The van der Waals surface area contributed by atoms with Crippen LogP contribution in [0.25, 0.3) is 0 Å². The molecular weight excluding hydrogens is 396 g/mol. The molecule has 2 N–H and O–H groups in total. The van der Waals surface area contributed by atoms with Crippen molar-refractivity contribution >= 4 is 11.4 Å². The summed E-state index contributed by atoms with van der Waals surface area (Å²) in [5.41, 5.74) is 0.965. The Morgan fingerprint density at radius 1 is 0.419 bits per heavy atom. The second-order valence-corrected chi connectivity index (χ2v) is 6.56. The molecule has 0 saturated heterocycles. The Labute approximate surface area is 179 Å². The van der Waals surface area contributed by atoms with Crippen molar-refractivity contribution in [2.24, 2.45) is 0 Å². The minimum Gasteiger partial charge on any atom is -0.585 e. The third-order valence-corrected chi connectivity index (χ3v) is 4.32. The third-order valence-electron chi connectivity index (χ3n) is 4.32. The van der Waals surface area contributed by atoms with E-state index in [2.05, 4.69) is 0 Å². The van der Waals surface area contributed by atoms with Crippen molar-refractivity contribution in [2.45, 2.75) is 0 Å². The highest BCUT2D eigenvalue weighted by Gasteiger charge is 2.07. The monoisotopic (exact) mass is 416 g/mol. The number of ether oxygens (including phenoxy) is 1. The van der Waals surface area contributed by atoms with Gasteiger partial charge in [0.1, 0.15) is 11.5 Å². The van der Waals surface area contributed by atoms with Gasteiger partial charge in [-0.05, 0) is 48.5 Å². The van der Waals surface area contributed by atoms with Crippen LogP contribution in [0.2, 0.25) is 0 Å². The van der Waals surface area contributed by atoms with Gasteiger partial charge in [-0.25, -0.2) is 0 Å². The molecule has 0 aliphatic rings. The average Bonchev–Trinajstić information content (AvgIpc) is 2.82. The molecule has 2 atom stereocenters. The number of hydrogen-bond acceptors (Lipinski definition) is 5. The SMILES string of the molecule is [O-][NH+](Oc1ccc(Oc2ccc(O[NH+]([O-])c3ccccc3)cc2)cc1)c1ccccc1. The maximum absolute atomic E-state index is 12.1. The van der Waals surface area contributed by atoms with Gasteiger partial charge >= 0.3 is 0 Å². The van der Waals surface area contributed by atoms with Crippen LogP contribution < -0.4 is 24.9 Å². The highest BCUT2D eigenvalue weighted by Crippen LogP contribution is 2.25. The van der Waals surface area contributed by atoms with Crippen molar-refractivity contribution < 1.29 is 24.9 Å². The molecule has 0 aliphatic heterocycles. The quantitative estimate of drug-likeness (QED) is 0.430. The molecule has 0 aromatic heterocycles. The molecule has 4 aromatic carbocycles. The van der Waals surface area contributed by atoms with Crippen LogP contribution in [-0.4, -0.2) is 0 Å². The molecule has 0 amide bonds. The van der Waals surface area contributed by atoms with Gasteiger partial charge in [0, 0.05) is 24.3 Å². The Kier molecular flexibility index (Phi) is 6.41. The Balaban J connectivity index is 1.33. The zero-order chi connectivity index (χ0) is 21.5. The van der Waals surface area contributed by atoms with Gasteiger partial charge in [-0.1, -0.05) is 36.4 Å². The summed E-state index contributed by atoms with van der Waals surface area (Å²) in [6, 6.07) is 31.0. The zero-order valence-corrected chi connectivity index (χ0v) is 16.4. The van der Waals surface area contributed by atoms with Crippen molar-refractivity contribution in [1.82, 2.24) is 0 Å². The molecule has 0 saturated carbocycles. The van der Waals surface area contributed by atoms with Crippen LogP contribution in [0.15, 0.2) is 109 Å². The molecule has 4 rings (SSSR count). The van der Waals surface area contributed by atoms with Gasteiger partial charge in [0.2, 0.25) is 0 Å². The Hall–Kier alpha value is -3.88. The fourth-order valence-electron chi connectivity index (χ4n) is 2.77. The van der Waals surface area contributed by atoms with E-state index in [1.807, 2.05) is 12.1 Å². The van der Waals surface area contributed by atoms with E-state index in [-0.39, 0.29) is 0 Å². The van der Waals surface area contributed by atoms with E-state index in [1.54, 1.807) is 97.1 Å². The molecular formula is C24H20N2O5. The van der Waals surface area contributed by atoms with Crippen molar-refractivity contribution in [3.05, 3.63) is 120 Å². The molecule has 4 aromatic rings. The predicted octanol–water partition coefficient (Wildman–Crippen LogP) is 3.50. The van der Waals surface area contributed by atoms with Gasteiger partial charge in [0.15, 0.2) is 22.9 Å². The third kappa shape index (κ3) is 5.59. The number of quaternary nitrogens is 2. The van der Waals surface area contributed by atoms with E-state index in [0.717, 1.165) is 0 Å². The van der Waals surface area contributed by atoms with Gasteiger partial charge in [-0.3, -0.25) is 0 Å². The highest BCUT2D eigenvalue weighted by molar-refractivity contribution is 5.38. The Bertz CT molecular complexity index is 985. The first-order valence-corrected chi connectivity index (χ1v) is 9.60. The van der Waals surface area contributed by atoms with Gasteiger partial charge < -0.3 is 24.8 Å². The van der Waals surface area contributed by atoms with Crippen molar-refractivity contribution in [3.63, 3.8) is 0 Å². The van der Waals surface area contributed by atoms with Crippen LogP contribution in [0.3, 0.4) is 0 Å². The standard InChI is InChI=1S/C24H20N2O5/c27-25(19-7-3-1-4-8-19)30-23-15-11-21(12-16-23)29-22-13-17-24(18-14-22)31-26(28)20-9-5-2-6-10-20/h1-18,25-26H. The van der Waals surface area contributed by atoms with Gasteiger partial charge in [0.25, 0.3) is 0 Å². The second kappa shape index (κ2) is 9.75. The lowest BCUT2D eigenvalue weighted by molar-refractivity contribution is -0.963. The van der Waals surface area contributed by atoms with Crippen molar-refractivity contribution in [3.8, 4) is 23.0 Å². The molecule has 31 heavy (non-hydrogen) atoms. The maximum atomic E-state index is 12.1. The summed E-state index contributed by atoms with van der Waals surface area (Å²) in [5.74, 6) is 2.00. The summed E-state index contributed by atoms with van der Waals surface area (Å²) in [5, 5.41) is 23.4. The number of rotatable bonds is 8. The summed E-state index contributed by atoms with van der Waals surface area (Å²) >= 11 is 0. The first-order chi connectivity index (χ1) is 15.2. The second-order valence-electron chi connectivity index (χ2n) is 6.56. The fraction of sp³-hybridized carbons (Fsp3) is 0. The van der Waals surface area contributed by atoms with Crippen molar-refractivity contribution in [1.29, 1.82) is 0 Å². The average molecular weight is 416 g/mol. The zero-order valence-electron chi connectivity index (χ0n) is 16.4. The number of nitrogens with one attached hydrogen (secondary N) is 2. The summed E-state index contributed by atoms with van der Waals surface area (Å²) < 4.78 is 5.79. The van der Waals surface area contributed by atoms with Crippen LogP contribution in [0.1, 0.15) is 0 Å². The van der Waals surface area contributed by atoms with Crippen LogP contribution in [0.4, 0.5) is 11.4 Å². The van der Waals surface area contributed by atoms with Gasteiger partial charge in [-0.15, -0.1) is 10.5 Å². The topological polar surface area (TPSA) is 82.7 Å². The fourth-order valence-corrected chi connectivity index (χ4v) is 2.77. The molecule has 0 bridgehead atoms. The van der Waals surface area contributed by atoms with E-state index >= 15 is 0 Å². The lowest BCUT2D eigenvalue weighted by Gasteiger charge is -2.20. The van der Waals surface area contributed by atoms with Gasteiger partial charge in [-0.2, -0.15) is 0 Å². The highest BCUT2D eigenvalue weighted by atomic mass is 16.9. The molecule has 0 heterocycles. The van der Waals surface area contributed by atoms with Crippen LogP contribution >= 0.6 is 0 Å². The largest absolute Gasteiger partial charge is 0.585 e. The summed E-state index contributed by atoms with van der Waals surface area (Å²) in [7, 11) is 0. The molecule has 0 aliphatic carbocycles. The van der Waals surface area contributed by atoms with Crippen LogP contribution in [0.5, 0.6) is 23.0 Å². The number of hydrogen-bond donors (Lipinski definition) is 2. The Morgan fingerprint density at radius 3 is 1.10 bits per heavy atom. The predicted molar refractivity (Wildman–Crippen MR) is 115 cm³/mol. The lowest BCUT2D eigenvalue weighted by Crippen LogP contribution is -3.04. The van der Waals surface area contributed by atoms with E-state index in [1.165, 1.54) is 0 Å². The molecule has 156 valence electrons. The van der Waals surface area contributed by atoms with E-state index in [0.29, 0.717) is 34.4 Å². The van der Waals surface area contributed by atoms with Crippen LogP contribution in [-0.2, 0) is 0 Å². The molecule has 0 fully saturated rings. The summed E-state index contributed by atoms with van der Waals surface area (Å²) in [6.07, 6.45) is 0. The molecule has 0 radical (unpaired) electrons. The van der Waals surface area contributed by atoms with Crippen molar-refractivity contribution in [2.75, 3.05) is 0 Å². The van der Waals surface area contributed by atoms with Gasteiger partial charge in [0.05, 0.1) is 0 Å². The summed E-state index contributed by atoms with van der Waals surface area (Å²) in [6.45, 7) is 0. The van der Waals surface area contributed by atoms with Crippen LogP contribution in [0, 0.1) is 10.4 Å². The minimum atomic E-state index is -0.421.